The Balaban J connectivity index is 0.00000169. The Morgan fingerprint density at radius 1 is 1.36 bits per heavy atom. The fourth-order valence-corrected chi connectivity index (χ4v) is 1.23. The van der Waals surface area contributed by atoms with E-state index in [-0.39, 0.29) is 30.8 Å². The number of halogens is 1. The molecule has 0 aliphatic rings. The van der Waals surface area contributed by atoms with Gasteiger partial charge in [0.2, 0.25) is 0 Å². The van der Waals surface area contributed by atoms with E-state index in [1.54, 1.807) is 18.2 Å². The minimum absolute atomic E-state index is 0. The Kier molecular flexibility index (Phi) is 6.28. The molecule has 1 aromatic carbocycles. The van der Waals surface area contributed by atoms with Crippen molar-refractivity contribution in [3.63, 3.8) is 0 Å². The zero-order valence-corrected chi connectivity index (χ0v) is 8.70. The lowest BCUT2D eigenvalue weighted by molar-refractivity contribution is 0.280. The summed E-state index contributed by atoms with van der Waals surface area (Å²) in [4.78, 5) is 0. The maximum Gasteiger partial charge on any atom is 0.115 e. The van der Waals surface area contributed by atoms with E-state index in [0.717, 1.165) is 12.0 Å². The van der Waals surface area contributed by atoms with Crippen molar-refractivity contribution in [2.24, 2.45) is 5.73 Å². The molecule has 0 unspecified atom stereocenters. The molecule has 0 heterocycles. The standard InChI is InChI=1S/C10H15NO2.ClH/c11-10(5-2-6-12)8-3-1-4-9(13)7-8;/h1,3-4,7,10,12-13H,2,5-6,11H2;1H/t10-;/m0./s1. The lowest BCUT2D eigenvalue weighted by Gasteiger charge is -2.10. The van der Waals surface area contributed by atoms with Crippen LogP contribution in [0.15, 0.2) is 24.3 Å². The van der Waals surface area contributed by atoms with E-state index in [0.29, 0.717) is 6.42 Å². The van der Waals surface area contributed by atoms with Crippen molar-refractivity contribution in [3.05, 3.63) is 29.8 Å². The number of phenols is 1. The first kappa shape index (κ1) is 13.2. The number of phenolic OH excluding ortho intramolecular Hbond substituents is 1. The SMILES string of the molecule is Cl.N[C@@H](CCCO)c1cccc(O)c1. The van der Waals surface area contributed by atoms with Crippen molar-refractivity contribution in [2.75, 3.05) is 6.61 Å². The average Bonchev–Trinajstić information content (AvgIpc) is 2.14. The van der Waals surface area contributed by atoms with Crippen LogP contribution in [0.25, 0.3) is 0 Å². The van der Waals surface area contributed by atoms with Crippen molar-refractivity contribution < 1.29 is 10.2 Å². The van der Waals surface area contributed by atoms with E-state index in [9.17, 15) is 5.11 Å². The van der Waals surface area contributed by atoms with Crippen LogP contribution in [0.3, 0.4) is 0 Å². The van der Waals surface area contributed by atoms with Crippen LogP contribution in [0.4, 0.5) is 0 Å². The van der Waals surface area contributed by atoms with Gasteiger partial charge in [0, 0.05) is 12.6 Å². The quantitative estimate of drug-likeness (QED) is 0.718. The Hall–Kier alpha value is -0.770. The summed E-state index contributed by atoms with van der Waals surface area (Å²) in [6.45, 7) is 0.159. The van der Waals surface area contributed by atoms with Gasteiger partial charge in [-0.25, -0.2) is 0 Å². The molecule has 0 saturated heterocycles. The molecule has 0 spiro atoms. The molecule has 0 radical (unpaired) electrons. The monoisotopic (exact) mass is 217 g/mol. The number of benzene rings is 1. The minimum Gasteiger partial charge on any atom is -0.508 e. The molecular weight excluding hydrogens is 202 g/mol. The largest absolute Gasteiger partial charge is 0.508 e. The molecule has 4 N–H and O–H groups in total. The maximum atomic E-state index is 9.18. The predicted octanol–water partition coefficient (Wildman–Crippen LogP) is 1.59. The molecule has 0 amide bonds. The van der Waals surface area contributed by atoms with Crippen molar-refractivity contribution in [1.29, 1.82) is 0 Å². The maximum absolute atomic E-state index is 9.18. The number of aromatic hydroxyl groups is 1. The zero-order chi connectivity index (χ0) is 9.68. The first-order valence-corrected chi connectivity index (χ1v) is 4.39. The third kappa shape index (κ3) is 3.96. The van der Waals surface area contributed by atoms with E-state index in [1.807, 2.05) is 6.07 Å². The topological polar surface area (TPSA) is 66.5 Å². The third-order valence-corrected chi connectivity index (χ3v) is 1.97. The van der Waals surface area contributed by atoms with Crippen LogP contribution in [0, 0.1) is 0 Å². The highest BCUT2D eigenvalue weighted by Crippen LogP contribution is 2.19. The number of nitrogens with two attached hydrogens (primary N) is 1. The van der Waals surface area contributed by atoms with Gasteiger partial charge in [-0.15, -0.1) is 12.4 Å². The summed E-state index contributed by atoms with van der Waals surface area (Å²) in [6.07, 6.45) is 1.43. The van der Waals surface area contributed by atoms with Gasteiger partial charge >= 0.3 is 0 Å². The van der Waals surface area contributed by atoms with Gasteiger partial charge in [0.15, 0.2) is 0 Å². The van der Waals surface area contributed by atoms with E-state index in [1.165, 1.54) is 0 Å². The highest BCUT2D eigenvalue weighted by molar-refractivity contribution is 5.85. The van der Waals surface area contributed by atoms with E-state index >= 15 is 0 Å². The number of aliphatic hydroxyl groups excluding tert-OH is 1. The van der Waals surface area contributed by atoms with Gasteiger partial charge in [0.25, 0.3) is 0 Å². The number of hydrogen-bond acceptors (Lipinski definition) is 3. The molecule has 1 atom stereocenters. The number of rotatable bonds is 4. The third-order valence-electron chi connectivity index (χ3n) is 1.97. The summed E-state index contributed by atoms with van der Waals surface area (Å²) in [5.74, 6) is 0.233. The summed E-state index contributed by atoms with van der Waals surface area (Å²) >= 11 is 0. The second kappa shape index (κ2) is 6.65. The first-order chi connectivity index (χ1) is 6.24. The van der Waals surface area contributed by atoms with Gasteiger partial charge in [-0.1, -0.05) is 12.1 Å². The Morgan fingerprint density at radius 2 is 2.07 bits per heavy atom. The smallest absolute Gasteiger partial charge is 0.115 e. The molecule has 4 heteroatoms. The van der Waals surface area contributed by atoms with Gasteiger partial charge in [-0.05, 0) is 30.5 Å². The van der Waals surface area contributed by atoms with Crippen LogP contribution in [0.5, 0.6) is 5.75 Å². The molecule has 0 fully saturated rings. The van der Waals surface area contributed by atoms with Crippen LogP contribution in [0.2, 0.25) is 0 Å². The van der Waals surface area contributed by atoms with E-state index < -0.39 is 0 Å². The van der Waals surface area contributed by atoms with E-state index in [4.69, 9.17) is 10.8 Å². The number of aliphatic hydroxyl groups is 1. The number of hydrogen-bond donors (Lipinski definition) is 3. The summed E-state index contributed by atoms with van der Waals surface area (Å²) in [7, 11) is 0. The van der Waals surface area contributed by atoms with Gasteiger partial charge in [0.05, 0.1) is 0 Å². The molecule has 3 nitrogen and oxygen atoms in total. The highest BCUT2D eigenvalue weighted by Gasteiger charge is 2.05. The molecule has 0 aliphatic heterocycles. The average molecular weight is 218 g/mol. The molecule has 0 bridgehead atoms. The molecule has 0 aliphatic carbocycles. The second-order valence-corrected chi connectivity index (χ2v) is 3.07. The van der Waals surface area contributed by atoms with Crippen LogP contribution in [-0.2, 0) is 0 Å². The fraction of sp³-hybridized carbons (Fsp3) is 0.400. The molecule has 1 aromatic rings. The predicted molar refractivity (Wildman–Crippen MR) is 58.6 cm³/mol. The molecule has 14 heavy (non-hydrogen) atoms. The van der Waals surface area contributed by atoms with Crippen molar-refractivity contribution in [1.82, 2.24) is 0 Å². The molecule has 0 aromatic heterocycles. The van der Waals surface area contributed by atoms with Gasteiger partial charge in [0.1, 0.15) is 5.75 Å². The van der Waals surface area contributed by atoms with Crippen molar-refractivity contribution in [2.45, 2.75) is 18.9 Å². The Bertz CT molecular complexity index is 268. The van der Waals surface area contributed by atoms with Gasteiger partial charge in [-0.3, -0.25) is 0 Å². The van der Waals surface area contributed by atoms with Crippen molar-refractivity contribution >= 4 is 12.4 Å². The Labute approximate surface area is 90.0 Å². The van der Waals surface area contributed by atoms with Gasteiger partial charge < -0.3 is 15.9 Å². The van der Waals surface area contributed by atoms with Crippen LogP contribution in [0.1, 0.15) is 24.4 Å². The molecule has 1 rings (SSSR count). The second-order valence-electron chi connectivity index (χ2n) is 3.07. The summed E-state index contributed by atoms with van der Waals surface area (Å²) in [5, 5.41) is 17.8. The van der Waals surface area contributed by atoms with Crippen LogP contribution < -0.4 is 5.73 Å². The van der Waals surface area contributed by atoms with E-state index in [2.05, 4.69) is 0 Å². The molecular formula is C10H16ClNO2. The van der Waals surface area contributed by atoms with Crippen LogP contribution >= 0.6 is 12.4 Å². The normalized spacial score (nSPS) is 11.9. The fourth-order valence-electron chi connectivity index (χ4n) is 1.23. The van der Waals surface area contributed by atoms with Crippen molar-refractivity contribution in [3.8, 4) is 5.75 Å². The zero-order valence-electron chi connectivity index (χ0n) is 7.89. The minimum atomic E-state index is -0.0979. The first-order valence-electron chi connectivity index (χ1n) is 4.39. The summed E-state index contributed by atoms with van der Waals surface area (Å²) in [6, 6.07) is 6.81. The molecule has 80 valence electrons. The lowest BCUT2D eigenvalue weighted by Crippen LogP contribution is -2.10. The lowest BCUT2D eigenvalue weighted by atomic mass is 10.0. The summed E-state index contributed by atoms with van der Waals surface area (Å²) < 4.78 is 0. The summed E-state index contributed by atoms with van der Waals surface area (Å²) in [5.41, 5.74) is 6.74. The molecule has 0 saturated carbocycles. The Morgan fingerprint density at radius 3 is 2.64 bits per heavy atom. The van der Waals surface area contributed by atoms with Crippen LogP contribution in [-0.4, -0.2) is 16.8 Å². The highest BCUT2D eigenvalue weighted by atomic mass is 35.5. The van der Waals surface area contributed by atoms with Gasteiger partial charge in [-0.2, -0.15) is 0 Å².